The van der Waals surface area contributed by atoms with Crippen LogP contribution >= 0.6 is 11.3 Å². The van der Waals surface area contributed by atoms with E-state index in [2.05, 4.69) is 12.2 Å². The first kappa shape index (κ1) is 22.6. The Hall–Kier alpha value is -3.11. The van der Waals surface area contributed by atoms with Crippen molar-refractivity contribution in [3.8, 4) is 11.8 Å². The number of hydrogen-bond acceptors (Lipinski definition) is 6. The minimum absolute atomic E-state index is 0.0389. The zero-order valence-electron chi connectivity index (χ0n) is 17.8. The number of unbranched alkanes of at least 4 members (excludes halogenated alkanes) is 1. The van der Waals surface area contributed by atoms with Crippen molar-refractivity contribution in [1.82, 2.24) is 0 Å². The summed E-state index contributed by atoms with van der Waals surface area (Å²) in [5.41, 5.74) is 2.07. The van der Waals surface area contributed by atoms with Gasteiger partial charge in [0.25, 0.3) is 5.91 Å². The highest BCUT2D eigenvalue weighted by Crippen LogP contribution is 2.39. The van der Waals surface area contributed by atoms with Crippen LogP contribution in [0.1, 0.15) is 59.5 Å². The molecule has 0 bridgehead atoms. The SMILES string of the molecule is CCCCOc1ccc(/C=C(/C#N)C(=O)Nc2sc3c(c2C(=O)OCC)CCC3)cc1. The van der Waals surface area contributed by atoms with E-state index in [0.717, 1.165) is 48.3 Å². The fourth-order valence-electron chi connectivity index (χ4n) is 3.39. The largest absolute Gasteiger partial charge is 0.494 e. The number of fused-ring (bicyclic) bond motifs is 1. The Morgan fingerprint density at radius 1 is 1.23 bits per heavy atom. The predicted molar refractivity (Wildman–Crippen MR) is 121 cm³/mol. The summed E-state index contributed by atoms with van der Waals surface area (Å²) < 4.78 is 10.8. The van der Waals surface area contributed by atoms with Crippen LogP contribution in [-0.2, 0) is 22.4 Å². The number of thiophene rings is 1. The van der Waals surface area contributed by atoms with Crippen molar-refractivity contribution in [2.24, 2.45) is 0 Å². The van der Waals surface area contributed by atoms with Crippen molar-refractivity contribution in [2.45, 2.75) is 46.0 Å². The number of nitrogens with zero attached hydrogens (tertiary/aromatic N) is 1. The van der Waals surface area contributed by atoms with Gasteiger partial charge in [0, 0.05) is 4.88 Å². The first-order valence-electron chi connectivity index (χ1n) is 10.5. The molecule has 31 heavy (non-hydrogen) atoms. The van der Waals surface area contributed by atoms with E-state index in [1.807, 2.05) is 18.2 Å². The number of amides is 1. The van der Waals surface area contributed by atoms with Gasteiger partial charge in [0.15, 0.2) is 0 Å². The van der Waals surface area contributed by atoms with Gasteiger partial charge in [-0.3, -0.25) is 4.79 Å². The lowest BCUT2D eigenvalue weighted by Crippen LogP contribution is -2.16. The maximum Gasteiger partial charge on any atom is 0.341 e. The molecule has 1 heterocycles. The summed E-state index contributed by atoms with van der Waals surface area (Å²) in [5.74, 6) is -0.227. The van der Waals surface area contributed by atoms with Gasteiger partial charge < -0.3 is 14.8 Å². The van der Waals surface area contributed by atoms with Gasteiger partial charge >= 0.3 is 5.97 Å². The Morgan fingerprint density at radius 3 is 2.68 bits per heavy atom. The average Bonchev–Trinajstić information content (AvgIpc) is 3.34. The molecule has 0 saturated heterocycles. The van der Waals surface area contributed by atoms with E-state index in [4.69, 9.17) is 9.47 Å². The lowest BCUT2D eigenvalue weighted by molar-refractivity contribution is -0.112. The maximum absolute atomic E-state index is 12.8. The molecule has 1 amide bonds. The highest BCUT2D eigenvalue weighted by Gasteiger charge is 2.28. The number of benzene rings is 1. The summed E-state index contributed by atoms with van der Waals surface area (Å²) >= 11 is 1.39. The number of carbonyl (C=O) groups excluding carboxylic acids is 2. The summed E-state index contributed by atoms with van der Waals surface area (Å²) in [6, 6.07) is 9.19. The lowest BCUT2D eigenvalue weighted by Gasteiger charge is -2.08. The summed E-state index contributed by atoms with van der Waals surface area (Å²) in [5, 5.41) is 12.7. The van der Waals surface area contributed by atoms with Crippen molar-refractivity contribution in [1.29, 1.82) is 5.26 Å². The van der Waals surface area contributed by atoms with Gasteiger partial charge in [0.05, 0.1) is 18.8 Å². The van der Waals surface area contributed by atoms with E-state index >= 15 is 0 Å². The lowest BCUT2D eigenvalue weighted by atomic mass is 10.1. The van der Waals surface area contributed by atoms with Crippen LogP contribution < -0.4 is 10.1 Å². The topological polar surface area (TPSA) is 88.4 Å². The third kappa shape index (κ3) is 5.53. The van der Waals surface area contributed by atoms with Crippen molar-refractivity contribution in [3.05, 3.63) is 51.4 Å². The number of carbonyl (C=O) groups is 2. The molecule has 0 atom stereocenters. The van der Waals surface area contributed by atoms with Crippen molar-refractivity contribution in [3.63, 3.8) is 0 Å². The minimum atomic E-state index is -0.545. The molecule has 0 fully saturated rings. The Morgan fingerprint density at radius 2 is 2.00 bits per heavy atom. The van der Waals surface area contributed by atoms with Gasteiger partial charge in [-0.15, -0.1) is 11.3 Å². The molecule has 0 saturated carbocycles. The molecule has 6 nitrogen and oxygen atoms in total. The van der Waals surface area contributed by atoms with E-state index in [-0.39, 0.29) is 12.2 Å². The fourth-order valence-corrected chi connectivity index (χ4v) is 4.66. The Balaban J connectivity index is 1.76. The molecule has 1 aliphatic rings. The molecule has 1 aromatic carbocycles. The highest BCUT2D eigenvalue weighted by molar-refractivity contribution is 7.17. The van der Waals surface area contributed by atoms with Gasteiger partial charge in [0.1, 0.15) is 22.4 Å². The number of nitrogens with one attached hydrogen (secondary N) is 1. The molecule has 1 N–H and O–H groups in total. The highest BCUT2D eigenvalue weighted by atomic mass is 32.1. The molecule has 1 aliphatic carbocycles. The molecule has 7 heteroatoms. The Bertz CT molecular complexity index is 1020. The van der Waals surface area contributed by atoms with E-state index in [1.54, 1.807) is 19.1 Å². The summed E-state index contributed by atoms with van der Waals surface area (Å²) in [7, 11) is 0. The smallest absolute Gasteiger partial charge is 0.341 e. The average molecular weight is 439 g/mol. The number of rotatable bonds is 9. The van der Waals surface area contributed by atoms with Crippen molar-refractivity contribution in [2.75, 3.05) is 18.5 Å². The number of esters is 1. The second kappa shape index (κ2) is 10.8. The van der Waals surface area contributed by atoms with Crippen LogP contribution in [-0.4, -0.2) is 25.1 Å². The fraction of sp³-hybridized carbons (Fsp3) is 0.375. The van der Waals surface area contributed by atoms with E-state index in [0.29, 0.717) is 22.7 Å². The number of nitriles is 1. The zero-order valence-corrected chi connectivity index (χ0v) is 18.6. The summed E-state index contributed by atoms with van der Waals surface area (Å²) in [4.78, 5) is 26.3. The van der Waals surface area contributed by atoms with Gasteiger partial charge in [-0.05, 0) is 61.9 Å². The van der Waals surface area contributed by atoms with E-state index in [1.165, 1.54) is 17.4 Å². The number of anilines is 1. The third-order valence-electron chi connectivity index (χ3n) is 4.95. The van der Waals surface area contributed by atoms with Crippen LogP contribution in [0.15, 0.2) is 29.8 Å². The monoisotopic (exact) mass is 438 g/mol. The van der Waals surface area contributed by atoms with Gasteiger partial charge in [-0.1, -0.05) is 25.5 Å². The van der Waals surface area contributed by atoms with Crippen LogP contribution in [0, 0.1) is 11.3 Å². The Labute approximate surface area is 186 Å². The molecule has 0 aliphatic heterocycles. The van der Waals surface area contributed by atoms with E-state index in [9.17, 15) is 14.9 Å². The first-order chi connectivity index (χ1) is 15.1. The molecule has 2 aromatic rings. The molecular weight excluding hydrogens is 412 g/mol. The van der Waals surface area contributed by atoms with Crippen LogP contribution in [0.25, 0.3) is 6.08 Å². The van der Waals surface area contributed by atoms with Crippen LogP contribution in [0.2, 0.25) is 0 Å². The van der Waals surface area contributed by atoms with E-state index < -0.39 is 11.9 Å². The molecule has 0 radical (unpaired) electrons. The number of ether oxygens (including phenoxy) is 2. The van der Waals surface area contributed by atoms with Crippen LogP contribution in [0.5, 0.6) is 5.75 Å². The second-order valence-electron chi connectivity index (χ2n) is 7.18. The molecule has 3 rings (SSSR count). The van der Waals surface area contributed by atoms with Gasteiger partial charge in [-0.2, -0.15) is 5.26 Å². The molecule has 1 aromatic heterocycles. The van der Waals surface area contributed by atoms with Crippen LogP contribution in [0.3, 0.4) is 0 Å². The molecule has 0 spiro atoms. The normalized spacial score (nSPS) is 12.7. The molecular formula is C24H26N2O4S. The van der Waals surface area contributed by atoms with Gasteiger partial charge in [0.2, 0.25) is 0 Å². The Kier molecular flexibility index (Phi) is 7.85. The second-order valence-corrected chi connectivity index (χ2v) is 8.28. The van der Waals surface area contributed by atoms with Gasteiger partial charge in [-0.25, -0.2) is 4.79 Å². The number of aryl methyl sites for hydroxylation is 1. The first-order valence-corrected chi connectivity index (χ1v) is 11.4. The quantitative estimate of drug-likeness (QED) is 0.253. The number of hydrogen-bond donors (Lipinski definition) is 1. The maximum atomic E-state index is 12.8. The van der Waals surface area contributed by atoms with Crippen LogP contribution in [0.4, 0.5) is 5.00 Å². The third-order valence-corrected chi connectivity index (χ3v) is 6.16. The minimum Gasteiger partial charge on any atom is -0.494 e. The summed E-state index contributed by atoms with van der Waals surface area (Å²) in [6.07, 6.45) is 6.24. The summed E-state index contributed by atoms with van der Waals surface area (Å²) in [6.45, 7) is 4.77. The van der Waals surface area contributed by atoms with Crippen molar-refractivity contribution < 1.29 is 19.1 Å². The van der Waals surface area contributed by atoms with Crippen molar-refractivity contribution >= 4 is 34.3 Å². The predicted octanol–water partition coefficient (Wildman–Crippen LogP) is 5.14. The zero-order chi connectivity index (χ0) is 22.2. The standard InChI is InChI=1S/C24H26N2O4S/c1-3-5-13-30-18-11-9-16(10-12-18)14-17(15-25)22(27)26-23-21(24(28)29-4-2)19-7-6-8-20(19)31-23/h9-12,14H,3-8,13H2,1-2H3,(H,26,27)/b17-14-. The molecule has 162 valence electrons. The molecule has 0 unspecified atom stereocenters.